The van der Waals surface area contributed by atoms with Crippen LogP contribution in [0.2, 0.25) is 5.02 Å². The molecule has 2 rings (SSSR count). The van der Waals surface area contributed by atoms with E-state index in [1.54, 1.807) is 0 Å². The minimum Gasteiger partial charge on any atom is -0.347 e. The summed E-state index contributed by atoms with van der Waals surface area (Å²) in [6.45, 7) is 0.643. The Kier molecular flexibility index (Phi) is 2.82. The quantitative estimate of drug-likeness (QED) is 0.754. The van der Waals surface area contributed by atoms with Crippen LogP contribution in [0, 0.1) is 0 Å². The summed E-state index contributed by atoms with van der Waals surface area (Å²) in [6, 6.07) is 7.46. The smallest absolute Gasteiger partial charge is 0.165 e. The molecule has 1 aliphatic heterocycles. The molecule has 2 unspecified atom stereocenters. The molecule has 2 atom stereocenters. The van der Waals surface area contributed by atoms with Gasteiger partial charge in [0.2, 0.25) is 0 Å². The van der Waals surface area contributed by atoms with Gasteiger partial charge >= 0.3 is 0 Å². The highest BCUT2D eigenvalue weighted by Crippen LogP contribution is 2.24. The van der Waals surface area contributed by atoms with E-state index < -0.39 is 6.23 Å². The predicted molar refractivity (Wildman–Crippen MR) is 53.1 cm³/mol. The summed E-state index contributed by atoms with van der Waals surface area (Å²) in [4.78, 5) is 10.4. The fraction of sp³-hybridized carbons (Fsp3) is 0.300. The maximum absolute atomic E-state index is 10.4. The molecule has 0 aromatic heterocycles. The molecule has 0 amide bonds. The maximum Gasteiger partial charge on any atom is 0.165 e. The third-order valence-corrected chi connectivity index (χ3v) is 2.39. The van der Waals surface area contributed by atoms with Gasteiger partial charge in [-0.25, -0.2) is 0 Å². The number of carbonyl (C=O) groups excluding carboxylic acids is 1. The highest BCUT2D eigenvalue weighted by molar-refractivity contribution is 6.30. The van der Waals surface area contributed by atoms with Gasteiger partial charge in [0.15, 0.2) is 12.5 Å². The van der Waals surface area contributed by atoms with Crippen LogP contribution in [-0.4, -0.2) is 19.1 Å². The number of halogens is 1. The molecule has 0 spiro atoms. The van der Waals surface area contributed by atoms with Crippen molar-refractivity contribution < 1.29 is 9.53 Å². The lowest BCUT2D eigenvalue weighted by atomic mass is 10.1. The predicted octanol–water partition coefficient (Wildman–Crippen LogP) is 1.53. The lowest BCUT2D eigenvalue weighted by Gasteiger charge is -2.09. The lowest BCUT2D eigenvalue weighted by Crippen LogP contribution is -2.23. The van der Waals surface area contributed by atoms with Gasteiger partial charge in [-0.1, -0.05) is 23.7 Å². The van der Waals surface area contributed by atoms with Crippen molar-refractivity contribution in [1.29, 1.82) is 0 Å². The summed E-state index contributed by atoms with van der Waals surface area (Å²) in [7, 11) is 0. The second-order valence-corrected chi connectivity index (χ2v) is 3.58. The summed E-state index contributed by atoms with van der Waals surface area (Å²) in [6.07, 6.45) is 0.188. The largest absolute Gasteiger partial charge is 0.347 e. The van der Waals surface area contributed by atoms with Crippen LogP contribution in [0.3, 0.4) is 0 Å². The highest BCUT2D eigenvalue weighted by Gasteiger charge is 2.25. The number of ether oxygens (including phenoxy) is 1. The van der Waals surface area contributed by atoms with E-state index in [-0.39, 0.29) is 6.10 Å². The number of rotatable bonds is 2. The van der Waals surface area contributed by atoms with Gasteiger partial charge < -0.3 is 4.74 Å². The van der Waals surface area contributed by atoms with Crippen LogP contribution in [0.5, 0.6) is 0 Å². The van der Waals surface area contributed by atoms with Crippen LogP contribution in [0.1, 0.15) is 11.7 Å². The molecule has 0 saturated carbocycles. The molecule has 1 N–H and O–H groups in total. The first-order chi connectivity index (χ1) is 6.79. The monoisotopic (exact) mass is 211 g/mol. The Hall–Kier alpha value is -0.900. The summed E-state index contributed by atoms with van der Waals surface area (Å²) >= 11 is 5.85. The van der Waals surface area contributed by atoms with Crippen LogP contribution >= 0.6 is 11.6 Å². The SMILES string of the molecule is O=CC1NCC(c2cccc(Cl)c2)O1. The molecule has 1 aliphatic rings. The minimum absolute atomic E-state index is 0.0797. The Balaban J connectivity index is 2.13. The Morgan fingerprint density at radius 1 is 1.57 bits per heavy atom. The van der Waals surface area contributed by atoms with Gasteiger partial charge in [-0.15, -0.1) is 0 Å². The molecule has 1 saturated heterocycles. The van der Waals surface area contributed by atoms with Crippen LogP contribution in [-0.2, 0) is 9.53 Å². The van der Waals surface area contributed by atoms with Gasteiger partial charge in [0.1, 0.15) is 0 Å². The second-order valence-electron chi connectivity index (χ2n) is 3.14. The zero-order chi connectivity index (χ0) is 9.97. The first kappa shape index (κ1) is 9.65. The zero-order valence-corrected chi connectivity index (χ0v) is 8.20. The Morgan fingerprint density at radius 3 is 3.07 bits per heavy atom. The molecule has 0 aliphatic carbocycles. The van der Waals surface area contributed by atoms with E-state index in [1.807, 2.05) is 24.3 Å². The van der Waals surface area contributed by atoms with Gasteiger partial charge in [-0.2, -0.15) is 0 Å². The summed E-state index contributed by atoms with van der Waals surface area (Å²) in [5, 5.41) is 3.62. The van der Waals surface area contributed by atoms with Crippen molar-refractivity contribution in [3.8, 4) is 0 Å². The van der Waals surface area contributed by atoms with E-state index in [4.69, 9.17) is 16.3 Å². The van der Waals surface area contributed by atoms with E-state index in [0.29, 0.717) is 11.6 Å². The Labute approximate surface area is 87.0 Å². The third kappa shape index (κ3) is 1.95. The van der Waals surface area contributed by atoms with Crippen LogP contribution < -0.4 is 5.32 Å². The number of hydrogen-bond donors (Lipinski definition) is 1. The van der Waals surface area contributed by atoms with Crippen molar-refractivity contribution in [2.45, 2.75) is 12.3 Å². The first-order valence-corrected chi connectivity index (χ1v) is 4.77. The molecule has 1 aromatic carbocycles. The standard InChI is InChI=1S/C10H10ClNO2/c11-8-3-1-2-7(4-8)9-5-12-10(6-13)14-9/h1-4,6,9-10,12H,5H2. The Morgan fingerprint density at radius 2 is 2.43 bits per heavy atom. The van der Waals surface area contributed by atoms with Gasteiger partial charge in [0.05, 0.1) is 6.10 Å². The van der Waals surface area contributed by atoms with Gasteiger partial charge in [0.25, 0.3) is 0 Å². The number of benzene rings is 1. The molecular formula is C10H10ClNO2. The maximum atomic E-state index is 10.4. The summed E-state index contributed by atoms with van der Waals surface area (Å²) < 4.78 is 5.41. The van der Waals surface area contributed by atoms with Gasteiger partial charge in [0, 0.05) is 11.6 Å². The molecule has 1 heterocycles. The molecular weight excluding hydrogens is 202 g/mol. The van der Waals surface area contributed by atoms with Crippen molar-refractivity contribution in [3.05, 3.63) is 34.9 Å². The average Bonchev–Trinajstić information content (AvgIpc) is 2.66. The van der Waals surface area contributed by atoms with Crippen LogP contribution in [0.25, 0.3) is 0 Å². The van der Waals surface area contributed by atoms with E-state index in [0.717, 1.165) is 11.8 Å². The number of nitrogens with one attached hydrogen (secondary N) is 1. The van der Waals surface area contributed by atoms with Crippen LogP contribution in [0.15, 0.2) is 24.3 Å². The van der Waals surface area contributed by atoms with E-state index >= 15 is 0 Å². The zero-order valence-electron chi connectivity index (χ0n) is 7.44. The van der Waals surface area contributed by atoms with E-state index in [1.165, 1.54) is 0 Å². The molecule has 4 heteroatoms. The van der Waals surface area contributed by atoms with Crippen LogP contribution in [0.4, 0.5) is 0 Å². The van der Waals surface area contributed by atoms with E-state index in [9.17, 15) is 4.79 Å². The fourth-order valence-corrected chi connectivity index (χ4v) is 1.68. The number of hydrogen-bond acceptors (Lipinski definition) is 3. The lowest BCUT2D eigenvalue weighted by molar-refractivity contribution is -0.118. The minimum atomic E-state index is -0.487. The molecule has 0 bridgehead atoms. The molecule has 3 nitrogen and oxygen atoms in total. The Bertz CT molecular complexity index is 343. The van der Waals surface area contributed by atoms with Gasteiger partial charge in [-0.3, -0.25) is 10.1 Å². The van der Waals surface area contributed by atoms with Crippen molar-refractivity contribution in [2.75, 3.05) is 6.54 Å². The highest BCUT2D eigenvalue weighted by atomic mass is 35.5. The fourth-order valence-electron chi connectivity index (χ4n) is 1.48. The van der Waals surface area contributed by atoms with E-state index in [2.05, 4.69) is 5.32 Å². The van der Waals surface area contributed by atoms with Crippen molar-refractivity contribution >= 4 is 17.9 Å². The molecule has 74 valence electrons. The van der Waals surface area contributed by atoms with Gasteiger partial charge in [-0.05, 0) is 17.7 Å². The third-order valence-electron chi connectivity index (χ3n) is 2.16. The summed E-state index contributed by atoms with van der Waals surface area (Å²) in [5.41, 5.74) is 0.995. The number of carbonyl (C=O) groups is 1. The number of aldehydes is 1. The van der Waals surface area contributed by atoms with Crippen molar-refractivity contribution in [2.24, 2.45) is 0 Å². The van der Waals surface area contributed by atoms with Crippen molar-refractivity contribution in [3.63, 3.8) is 0 Å². The summed E-state index contributed by atoms with van der Waals surface area (Å²) in [5.74, 6) is 0. The van der Waals surface area contributed by atoms with Crippen molar-refractivity contribution in [1.82, 2.24) is 5.32 Å². The molecule has 0 radical (unpaired) electrons. The average molecular weight is 212 g/mol. The normalized spacial score (nSPS) is 26.4. The molecule has 1 fully saturated rings. The second kappa shape index (κ2) is 4.09. The molecule has 14 heavy (non-hydrogen) atoms. The topological polar surface area (TPSA) is 38.3 Å². The molecule has 1 aromatic rings. The first-order valence-electron chi connectivity index (χ1n) is 4.39.